The van der Waals surface area contributed by atoms with Crippen LogP contribution in [0, 0.1) is 0 Å². The molecule has 0 radical (unpaired) electrons. The van der Waals surface area contributed by atoms with Crippen molar-refractivity contribution in [1.82, 2.24) is 15.5 Å². The highest BCUT2D eigenvalue weighted by Crippen LogP contribution is 2.35. The molecule has 0 saturated carbocycles. The predicted molar refractivity (Wildman–Crippen MR) is 142 cm³/mol. The van der Waals surface area contributed by atoms with E-state index in [4.69, 9.17) is 14.5 Å². The fourth-order valence-electron chi connectivity index (χ4n) is 3.95. The summed E-state index contributed by atoms with van der Waals surface area (Å²) >= 11 is 1.23. The number of fused-ring (bicyclic) bond motifs is 3. The maximum atomic E-state index is 12.9. The molecule has 0 bridgehead atoms. The highest BCUT2D eigenvalue weighted by Gasteiger charge is 2.41. The first-order valence-corrected chi connectivity index (χ1v) is 12.9. The topological polar surface area (TPSA) is 122 Å². The lowest BCUT2D eigenvalue weighted by molar-refractivity contribution is -0.122. The van der Waals surface area contributed by atoms with Crippen LogP contribution in [0.15, 0.2) is 58.5 Å². The second kappa shape index (κ2) is 12.5. The number of rotatable bonds is 11. The molecular weight excluding hydrogens is 494 g/mol. The zero-order chi connectivity index (χ0) is 26.2. The molecule has 0 aromatic heterocycles. The van der Waals surface area contributed by atoms with E-state index in [-0.39, 0.29) is 36.3 Å². The number of ether oxygens (including phenoxy) is 2. The molecule has 2 aromatic rings. The molecule has 0 aliphatic carbocycles. The van der Waals surface area contributed by atoms with Crippen molar-refractivity contribution in [3.63, 3.8) is 0 Å². The summed E-state index contributed by atoms with van der Waals surface area (Å²) in [6.07, 6.45) is 0.408. The number of methoxy groups -OCH3 is 2. The maximum Gasteiger partial charge on any atom is 0.270 e. The molecule has 2 aromatic carbocycles. The summed E-state index contributed by atoms with van der Waals surface area (Å²) in [5.41, 5.74) is 2.38. The number of amidine groups is 2. The van der Waals surface area contributed by atoms with Gasteiger partial charge >= 0.3 is 0 Å². The van der Waals surface area contributed by atoms with Gasteiger partial charge in [0.2, 0.25) is 11.8 Å². The van der Waals surface area contributed by atoms with Crippen LogP contribution in [0.5, 0.6) is 5.75 Å². The van der Waals surface area contributed by atoms with Crippen LogP contribution >= 0.6 is 11.8 Å². The monoisotopic (exact) mass is 523 g/mol. The minimum atomic E-state index is -0.669. The van der Waals surface area contributed by atoms with E-state index in [0.717, 1.165) is 16.9 Å². The van der Waals surface area contributed by atoms with Crippen LogP contribution in [-0.4, -0.2) is 72.8 Å². The van der Waals surface area contributed by atoms with E-state index in [9.17, 15) is 14.4 Å². The Hall–Kier alpha value is -3.70. The van der Waals surface area contributed by atoms with Crippen LogP contribution in [0.4, 0.5) is 5.69 Å². The zero-order valence-corrected chi connectivity index (χ0v) is 21.5. The lowest BCUT2D eigenvalue weighted by atomic mass is 10.1. The summed E-state index contributed by atoms with van der Waals surface area (Å²) in [6, 6.07) is 14.2. The van der Waals surface area contributed by atoms with Crippen LogP contribution in [0.25, 0.3) is 0 Å². The summed E-state index contributed by atoms with van der Waals surface area (Å²) in [5.74, 6) is 0.711. The lowest BCUT2D eigenvalue weighted by Crippen LogP contribution is -2.44. The molecule has 2 N–H and O–H groups in total. The fraction of sp³-hybridized carbons (Fsp3) is 0.346. The van der Waals surface area contributed by atoms with Crippen molar-refractivity contribution in [2.75, 3.05) is 33.1 Å². The third-order valence-electron chi connectivity index (χ3n) is 5.86. The minimum absolute atomic E-state index is 0.123. The smallest absolute Gasteiger partial charge is 0.270 e. The van der Waals surface area contributed by atoms with Gasteiger partial charge in [0.25, 0.3) is 5.91 Å². The Morgan fingerprint density at radius 3 is 2.57 bits per heavy atom. The standard InChI is InChI=1S/C26H29N5O5S/c1-35-14-13-27-23(33)16-37-26-29-20-6-4-3-5-19(20)24-30-25(34)21(31(24)26)11-12-22(32)28-15-17-7-9-18(36-2)10-8-17/h3-10,21H,11-16H2,1-2H3,(H,27,33)(H,28,32). The Bertz CT molecular complexity index is 1210. The third kappa shape index (κ3) is 6.55. The number of benzene rings is 2. The molecule has 1 atom stereocenters. The first kappa shape index (κ1) is 26.4. The van der Waals surface area contributed by atoms with Gasteiger partial charge in [-0.3, -0.25) is 19.3 Å². The Morgan fingerprint density at radius 1 is 1.03 bits per heavy atom. The number of nitrogens with one attached hydrogen (secondary N) is 2. The number of hydrogen-bond donors (Lipinski definition) is 2. The number of aliphatic imine (C=N–C) groups is 2. The van der Waals surface area contributed by atoms with E-state index in [1.54, 1.807) is 19.1 Å². The van der Waals surface area contributed by atoms with Gasteiger partial charge in [-0.05, 0) is 36.2 Å². The average Bonchev–Trinajstić information content (AvgIpc) is 3.26. The molecule has 37 heavy (non-hydrogen) atoms. The van der Waals surface area contributed by atoms with E-state index in [0.29, 0.717) is 36.4 Å². The number of thioether (sulfide) groups is 1. The zero-order valence-electron chi connectivity index (χ0n) is 20.7. The number of nitrogens with zero attached hydrogens (tertiary/aromatic N) is 3. The van der Waals surface area contributed by atoms with Gasteiger partial charge in [0, 0.05) is 32.2 Å². The van der Waals surface area contributed by atoms with Gasteiger partial charge in [-0.25, -0.2) is 4.99 Å². The predicted octanol–water partition coefficient (Wildman–Crippen LogP) is 2.25. The van der Waals surface area contributed by atoms with Crippen molar-refractivity contribution in [3.8, 4) is 5.75 Å². The highest BCUT2D eigenvalue weighted by molar-refractivity contribution is 8.14. The number of para-hydroxylation sites is 1. The van der Waals surface area contributed by atoms with E-state index in [1.807, 2.05) is 48.5 Å². The van der Waals surface area contributed by atoms with Gasteiger partial charge in [-0.1, -0.05) is 36.0 Å². The summed E-state index contributed by atoms with van der Waals surface area (Å²) < 4.78 is 10.1. The van der Waals surface area contributed by atoms with Gasteiger partial charge < -0.3 is 20.1 Å². The molecular formula is C26H29N5O5S. The van der Waals surface area contributed by atoms with Crippen molar-refractivity contribution in [1.29, 1.82) is 0 Å². The van der Waals surface area contributed by atoms with E-state index in [2.05, 4.69) is 15.6 Å². The second-order valence-corrected chi connectivity index (χ2v) is 9.31. The maximum absolute atomic E-state index is 12.9. The van der Waals surface area contributed by atoms with Crippen LogP contribution in [-0.2, 0) is 25.7 Å². The Labute approximate surface area is 219 Å². The van der Waals surface area contributed by atoms with Crippen LogP contribution in [0.1, 0.15) is 24.0 Å². The van der Waals surface area contributed by atoms with Gasteiger partial charge in [-0.2, -0.15) is 4.99 Å². The molecule has 2 aliphatic heterocycles. The summed E-state index contributed by atoms with van der Waals surface area (Å²) in [5, 5.41) is 6.18. The van der Waals surface area contributed by atoms with Crippen molar-refractivity contribution in [3.05, 3.63) is 59.7 Å². The first-order valence-electron chi connectivity index (χ1n) is 11.9. The van der Waals surface area contributed by atoms with Gasteiger partial charge in [-0.15, -0.1) is 0 Å². The molecule has 4 rings (SSSR count). The number of hydrogen-bond acceptors (Lipinski definition) is 8. The normalized spacial score (nSPS) is 15.9. The van der Waals surface area contributed by atoms with E-state index < -0.39 is 6.04 Å². The van der Waals surface area contributed by atoms with Crippen molar-refractivity contribution < 1.29 is 23.9 Å². The fourth-order valence-corrected chi connectivity index (χ4v) is 4.83. The van der Waals surface area contributed by atoms with Crippen LogP contribution in [0.2, 0.25) is 0 Å². The average molecular weight is 524 g/mol. The Morgan fingerprint density at radius 2 is 1.81 bits per heavy atom. The molecule has 3 amide bonds. The van der Waals surface area contributed by atoms with Crippen LogP contribution in [0.3, 0.4) is 0 Å². The Kier molecular flexibility index (Phi) is 8.91. The number of amides is 3. The molecule has 10 nitrogen and oxygen atoms in total. The molecule has 194 valence electrons. The molecule has 2 heterocycles. The first-order chi connectivity index (χ1) is 18.0. The molecule has 2 aliphatic rings. The molecule has 1 unspecified atom stereocenters. The third-order valence-corrected chi connectivity index (χ3v) is 6.82. The number of carbonyl (C=O) groups is 3. The quantitative estimate of drug-likeness (QED) is 0.433. The SMILES string of the molecule is COCCNC(=O)CSC1=Nc2ccccc2C2=NC(=O)C(CCC(=O)NCc3ccc(OC)cc3)N12. The summed E-state index contributed by atoms with van der Waals surface area (Å²) in [7, 11) is 3.17. The Balaban J connectivity index is 1.40. The van der Waals surface area contributed by atoms with Gasteiger partial charge in [0.1, 0.15) is 17.6 Å². The lowest BCUT2D eigenvalue weighted by Gasteiger charge is -2.31. The van der Waals surface area contributed by atoms with Crippen molar-refractivity contribution in [2.24, 2.45) is 9.98 Å². The van der Waals surface area contributed by atoms with Crippen LogP contribution < -0.4 is 15.4 Å². The van der Waals surface area contributed by atoms with Crippen molar-refractivity contribution >= 4 is 46.2 Å². The molecule has 0 saturated heterocycles. The molecule has 0 fully saturated rings. The summed E-state index contributed by atoms with van der Waals surface area (Å²) in [6.45, 7) is 1.21. The van der Waals surface area contributed by atoms with E-state index in [1.165, 1.54) is 11.8 Å². The van der Waals surface area contributed by atoms with Crippen molar-refractivity contribution in [2.45, 2.75) is 25.4 Å². The molecule has 11 heteroatoms. The number of carbonyl (C=O) groups excluding carboxylic acids is 3. The van der Waals surface area contributed by atoms with Gasteiger partial charge in [0.05, 0.1) is 25.2 Å². The van der Waals surface area contributed by atoms with E-state index >= 15 is 0 Å². The second-order valence-electron chi connectivity index (χ2n) is 8.37. The largest absolute Gasteiger partial charge is 0.497 e. The highest BCUT2D eigenvalue weighted by atomic mass is 32.2. The molecule has 0 spiro atoms. The minimum Gasteiger partial charge on any atom is -0.497 e. The van der Waals surface area contributed by atoms with Gasteiger partial charge in [0.15, 0.2) is 5.17 Å². The summed E-state index contributed by atoms with van der Waals surface area (Å²) in [4.78, 5) is 48.6.